The molecular weight excluding hydrogens is 348 g/mol. The fourth-order valence-corrected chi connectivity index (χ4v) is 3.13. The van der Waals surface area contributed by atoms with E-state index >= 15 is 0 Å². The molecule has 1 aromatic heterocycles. The number of hydrogen-bond acceptors (Lipinski definition) is 6. The monoisotopic (exact) mass is 360 g/mol. The smallest absolute Gasteiger partial charge is 0.214 e. The number of aldehydes is 1. The highest BCUT2D eigenvalue weighted by atomic mass is 35.5. The molecule has 122 valence electrons. The van der Waals surface area contributed by atoms with Gasteiger partial charge in [0.05, 0.1) is 12.8 Å². The first kappa shape index (κ1) is 16.5. The molecule has 0 spiro atoms. The predicted molar refractivity (Wildman–Crippen MR) is 92.1 cm³/mol. The van der Waals surface area contributed by atoms with Crippen LogP contribution in [-0.2, 0) is 5.75 Å². The van der Waals surface area contributed by atoms with Gasteiger partial charge in [0.15, 0.2) is 0 Å². The lowest BCUT2D eigenvalue weighted by Crippen LogP contribution is -1.99. The Bertz CT molecular complexity index is 852. The Kier molecular flexibility index (Phi) is 5.12. The molecule has 0 fully saturated rings. The topological polar surface area (TPSA) is 69.9 Å². The van der Waals surface area contributed by atoms with E-state index < -0.39 is 0 Å². The van der Waals surface area contributed by atoms with Gasteiger partial charge in [0, 0.05) is 21.9 Å². The van der Waals surface area contributed by atoms with Crippen LogP contribution in [-0.4, -0.2) is 33.6 Å². The highest BCUT2D eigenvalue weighted by molar-refractivity contribution is 7.98. The van der Waals surface area contributed by atoms with Gasteiger partial charge in [-0.05, 0) is 52.9 Å². The van der Waals surface area contributed by atoms with Crippen molar-refractivity contribution < 1.29 is 9.53 Å². The second kappa shape index (κ2) is 7.46. The summed E-state index contributed by atoms with van der Waals surface area (Å²) in [5.74, 6) is 1.29. The van der Waals surface area contributed by atoms with Gasteiger partial charge in [-0.3, -0.25) is 4.79 Å². The third-order valence-electron chi connectivity index (χ3n) is 3.31. The molecular formula is C16H13ClN4O2S. The quantitative estimate of drug-likeness (QED) is 0.495. The lowest BCUT2D eigenvalue weighted by atomic mass is 10.1. The summed E-state index contributed by atoms with van der Waals surface area (Å²) in [6.07, 6.45) is 0.811. The normalized spacial score (nSPS) is 10.6. The summed E-state index contributed by atoms with van der Waals surface area (Å²) < 4.78 is 6.98. The molecule has 0 saturated carbocycles. The Morgan fingerprint density at radius 1 is 1.25 bits per heavy atom. The van der Waals surface area contributed by atoms with E-state index in [4.69, 9.17) is 16.3 Å². The van der Waals surface area contributed by atoms with Gasteiger partial charge in [0.2, 0.25) is 5.16 Å². The molecule has 0 aliphatic carbocycles. The van der Waals surface area contributed by atoms with Gasteiger partial charge in [0.25, 0.3) is 0 Å². The minimum Gasteiger partial charge on any atom is -0.496 e. The summed E-state index contributed by atoms with van der Waals surface area (Å²) in [5.41, 5.74) is 2.32. The molecule has 0 amide bonds. The van der Waals surface area contributed by atoms with Crippen LogP contribution < -0.4 is 4.74 Å². The third-order valence-corrected chi connectivity index (χ3v) is 4.53. The van der Waals surface area contributed by atoms with Gasteiger partial charge >= 0.3 is 0 Å². The van der Waals surface area contributed by atoms with Crippen molar-refractivity contribution in [3.05, 3.63) is 58.6 Å². The summed E-state index contributed by atoms with van der Waals surface area (Å²) in [4.78, 5) is 11.0. The summed E-state index contributed by atoms with van der Waals surface area (Å²) in [6, 6.07) is 12.6. The first-order valence-electron chi connectivity index (χ1n) is 7.00. The summed E-state index contributed by atoms with van der Waals surface area (Å²) >= 11 is 7.36. The molecule has 0 N–H and O–H groups in total. The van der Waals surface area contributed by atoms with Crippen molar-refractivity contribution in [2.24, 2.45) is 0 Å². The molecule has 2 aromatic carbocycles. The van der Waals surface area contributed by atoms with Gasteiger partial charge in [-0.25, -0.2) is 0 Å². The van der Waals surface area contributed by atoms with Crippen LogP contribution in [0.15, 0.2) is 47.6 Å². The number of rotatable bonds is 6. The van der Waals surface area contributed by atoms with Crippen LogP contribution in [0.5, 0.6) is 5.75 Å². The second-order valence-corrected chi connectivity index (χ2v) is 6.21. The van der Waals surface area contributed by atoms with Crippen molar-refractivity contribution >= 4 is 29.6 Å². The fraction of sp³-hybridized carbons (Fsp3) is 0.125. The molecule has 0 unspecified atom stereocenters. The molecule has 24 heavy (non-hydrogen) atoms. The van der Waals surface area contributed by atoms with Gasteiger partial charge in [0.1, 0.15) is 12.0 Å². The minimum absolute atomic E-state index is 0.568. The van der Waals surface area contributed by atoms with Gasteiger partial charge in [-0.1, -0.05) is 23.4 Å². The van der Waals surface area contributed by atoms with Crippen LogP contribution in [0.3, 0.4) is 0 Å². The Morgan fingerprint density at radius 2 is 2.04 bits per heavy atom. The zero-order valence-electron chi connectivity index (χ0n) is 12.7. The molecule has 3 rings (SSSR count). The molecule has 3 aromatic rings. The average molecular weight is 361 g/mol. The molecule has 0 saturated heterocycles. The standard InChI is InChI=1S/C16H13ClN4O2S/c1-23-15-7-2-11(9-22)8-12(15)10-24-16-18-19-20-21(16)14-5-3-13(17)4-6-14/h2-9H,10H2,1H3. The van der Waals surface area contributed by atoms with E-state index in [-0.39, 0.29) is 0 Å². The number of benzene rings is 2. The lowest BCUT2D eigenvalue weighted by Gasteiger charge is -2.09. The van der Waals surface area contributed by atoms with E-state index in [1.54, 1.807) is 42.1 Å². The van der Waals surface area contributed by atoms with Crippen LogP contribution in [0, 0.1) is 0 Å². The van der Waals surface area contributed by atoms with E-state index in [0.29, 0.717) is 21.5 Å². The number of hydrogen-bond donors (Lipinski definition) is 0. The Labute approximate surface area is 147 Å². The SMILES string of the molecule is COc1ccc(C=O)cc1CSc1nnnn1-c1ccc(Cl)cc1. The van der Waals surface area contributed by atoms with Crippen molar-refractivity contribution in [1.29, 1.82) is 0 Å². The highest BCUT2D eigenvalue weighted by Crippen LogP contribution is 2.28. The summed E-state index contributed by atoms with van der Waals surface area (Å²) in [5, 5.41) is 13.1. The molecule has 0 radical (unpaired) electrons. The van der Waals surface area contributed by atoms with E-state index in [2.05, 4.69) is 15.5 Å². The minimum atomic E-state index is 0.568. The maximum absolute atomic E-state index is 11.0. The van der Waals surface area contributed by atoms with Crippen molar-refractivity contribution in [3.63, 3.8) is 0 Å². The molecule has 0 bridgehead atoms. The number of carbonyl (C=O) groups is 1. The molecule has 8 heteroatoms. The zero-order valence-corrected chi connectivity index (χ0v) is 14.3. The number of thioether (sulfide) groups is 1. The summed E-state index contributed by atoms with van der Waals surface area (Å²) in [6.45, 7) is 0. The lowest BCUT2D eigenvalue weighted by molar-refractivity contribution is 0.112. The van der Waals surface area contributed by atoms with E-state index in [0.717, 1.165) is 23.3 Å². The Hall–Kier alpha value is -2.38. The number of halogens is 1. The van der Waals surface area contributed by atoms with Crippen molar-refractivity contribution in [2.75, 3.05) is 7.11 Å². The maximum atomic E-state index is 11.0. The molecule has 0 aliphatic rings. The van der Waals surface area contributed by atoms with Crippen LogP contribution in [0.4, 0.5) is 0 Å². The maximum Gasteiger partial charge on any atom is 0.214 e. The van der Waals surface area contributed by atoms with Crippen LogP contribution in [0.2, 0.25) is 5.02 Å². The fourth-order valence-electron chi connectivity index (χ4n) is 2.14. The molecule has 1 heterocycles. The predicted octanol–water partition coefficient (Wildman–Crippen LogP) is 3.43. The van der Waals surface area contributed by atoms with Crippen molar-refractivity contribution in [3.8, 4) is 11.4 Å². The number of ether oxygens (including phenoxy) is 1. The highest BCUT2D eigenvalue weighted by Gasteiger charge is 2.11. The number of tetrazole rings is 1. The largest absolute Gasteiger partial charge is 0.496 e. The first-order chi connectivity index (χ1) is 11.7. The van der Waals surface area contributed by atoms with E-state index in [1.165, 1.54) is 11.8 Å². The Morgan fingerprint density at radius 3 is 2.75 bits per heavy atom. The molecule has 0 atom stereocenters. The van der Waals surface area contributed by atoms with Gasteiger partial charge in [-0.2, -0.15) is 4.68 Å². The average Bonchev–Trinajstić information content (AvgIpc) is 3.08. The van der Waals surface area contributed by atoms with Crippen LogP contribution >= 0.6 is 23.4 Å². The second-order valence-electron chi connectivity index (χ2n) is 4.83. The number of aromatic nitrogens is 4. The summed E-state index contributed by atoms with van der Waals surface area (Å²) in [7, 11) is 1.60. The number of carbonyl (C=O) groups excluding carboxylic acids is 1. The van der Waals surface area contributed by atoms with E-state index in [9.17, 15) is 4.79 Å². The zero-order chi connectivity index (χ0) is 16.9. The molecule has 0 aliphatic heterocycles. The number of nitrogens with zero attached hydrogens (tertiary/aromatic N) is 4. The van der Waals surface area contributed by atoms with Crippen LogP contribution in [0.25, 0.3) is 5.69 Å². The van der Waals surface area contributed by atoms with Crippen molar-refractivity contribution in [2.45, 2.75) is 10.9 Å². The first-order valence-corrected chi connectivity index (χ1v) is 8.37. The van der Waals surface area contributed by atoms with Gasteiger partial charge in [-0.15, -0.1) is 5.10 Å². The molecule has 6 nitrogen and oxygen atoms in total. The van der Waals surface area contributed by atoms with Gasteiger partial charge < -0.3 is 4.74 Å². The van der Waals surface area contributed by atoms with Crippen LogP contribution in [0.1, 0.15) is 15.9 Å². The van der Waals surface area contributed by atoms with Crippen molar-refractivity contribution in [1.82, 2.24) is 20.2 Å². The number of methoxy groups -OCH3 is 1. The third kappa shape index (κ3) is 3.58. The Balaban J connectivity index is 1.82. The van der Waals surface area contributed by atoms with E-state index in [1.807, 2.05) is 12.1 Å².